The molecular weight excluding hydrogens is 256 g/mol. The fourth-order valence-electron chi connectivity index (χ4n) is 1.86. The first-order valence-corrected chi connectivity index (χ1v) is 6.07. The zero-order chi connectivity index (χ0) is 14.5. The lowest BCUT2D eigenvalue weighted by Crippen LogP contribution is -1.91. The van der Waals surface area contributed by atoms with Crippen molar-refractivity contribution in [3.05, 3.63) is 47.5 Å². The van der Waals surface area contributed by atoms with Crippen LogP contribution < -0.4 is 9.47 Å². The van der Waals surface area contributed by atoms with Crippen molar-refractivity contribution in [2.24, 2.45) is 0 Å². The number of phenols is 2. The van der Waals surface area contributed by atoms with Gasteiger partial charge in [-0.15, -0.1) is 0 Å². The maximum absolute atomic E-state index is 10.1. The van der Waals surface area contributed by atoms with E-state index in [1.165, 1.54) is 14.2 Å². The van der Waals surface area contributed by atoms with Gasteiger partial charge in [-0.25, -0.2) is 0 Å². The highest BCUT2D eigenvalue weighted by Crippen LogP contribution is 2.45. The molecule has 0 atom stereocenters. The van der Waals surface area contributed by atoms with Gasteiger partial charge in [0.15, 0.2) is 11.5 Å². The van der Waals surface area contributed by atoms with Gasteiger partial charge in [-0.3, -0.25) is 0 Å². The Morgan fingerprint density at radius 3 is 2.20 bits per heavy atom. The molecule has 0 spiro atoms. The van der Waals surface area contributed by atoms with Gasteiger partial charge >= 0.3 is 0 Å². The zero-order valence-electron chi connectivity index (χ0n) is 11.3. The third kappa shape index (κ3) is 2.69. The summed E-state index contributed by atoms with van der Waals surface area (Å²) in [6.45, 7) is 0. The lowest BCUT2D eigenvalue weighted by atomic mass is 10.1. The second-order valence-electron chi connectivity index (χ2n) is 4.14. The quantitative estimate of drug-likeness (QED) is 0.838. The van der Waals surface area contributed by atoms with Gasteiger partial charge in [-0.1, -0.05) is 42.5 Å². The first-order chi connectivity index (χ1) is 9.67. The molecule has 104 valence electrons. The molecule has 0 amide bonds. The normalized spacial score (nSPS) is 10.7. The standard InChI is InChI=1S/C16H16O4/c1-19-13-10-12(14(17)16(20-2)15(13)18)9-8-11-6-4-3-5-7-11/h3-10,17-18H,1-2H3. The molecular formula is C16H16O4. The summed E-state index contributed by atoms with van der Waals surface area (Å²) in [7, 11) is 2.81. The van der Waals surface area contributed by atoms with Crippen LogP contribution in [-0.4, -0.2) is 24.4 Å². The molecule has 0 radical (unpaired) electrons. The van der Waals surface area contributed by atoms with E-state index in [0.29, 0.717) is 5.56 Å². The Bertz CT molecular complexity index is 618. The highest BCUT2D eigenvalue weighted by molar-refractivity contribution is 5.77. The number of phenolic OH excluding ortho intramolecular Hbond substituents is 2. The van der Waals surface area contributed by atoms with Crippen molar-refractivity contribution < 1.29 is 19.7 Å². The minimum absolute atomic E-state index is 0.00272. The summed E-state index contributed by atoms with van der Waals surface area (Å²) in [6.07, 6.45) is 3.58. The molecule has 0 aliphatic rings. The van der Waals surface area contributed by atoms with Crippen LogP contribution in [0.5, 0.6) is 23.0 Å². The lowest BCUT2D eigenvalue weighted by molar-refractivity contribution is 0.322. The molecule has 0 bridgehead atoms. The molecule has 2 aromatic rings. The van der Waals surface area contributed by atoms with Crippen molar-refractivity contribution in [2.45, 2.75) is 0 Å². The molecule has 4 heteroatoms. The molecule has 2 N–H and O–H groups in total. The predicted octanol–water partition coefficient (Wildman–Crippen LogP) is 3.29. The van der Waals surface area contributed by atoms with Gasteiger partial charge in [0.05, 0.1) is 14.2 Å². The fourth-order valence-corrected chi connectivity index (χ4v) is 1.86. The van der Waals surface area contributed by atoms with E-state index in [9.17, 15) is 10.2 Å². The third-order valence-corrected chi connectivity index (χ3v) is 2.90. The van der Waals surface area contributed by atoms with Crippen molar-refractivity contribution in [1.82, 2.24) is 0 Å². The number of hydrogen-bond donors (Lipinski definition) is 2. The minimum atomic E-state index is -0.218. The van der Waals surface area contributed by atoms with Gasteiger partial charge in [-0.05, 0) is 11.6 Å². The second-order valence-corrected chi connectivity index (χ2v) is 4.14. The van der Waals surface area contributed by atoms with Crippen LogP contribution >= 0.6 is 0 Å². The number of ether oxygens (including phenoxy) is 2. The molecule has 0 unspecified atom stereocenters. The average Bonchev–Trinajstić information content (AvgIpc) is 2.48. The molecule has 20 heavy (non-hydrogen) atoms. The summed E-state index contributed by atoms with van der Waals surface area (Å²) in [6, 6.07) is 11.2. The number of rotatable bonds is 4. The van der Waals surface area contributed by atoms with Crippen molar-refractivity contribution >= 4 is 12.2 Å². The highest BCUT2D eigenvalue weighted by Gasteiger charge is 2.17. The van der Waals surface area contributed by atoms with E-state index in [-0.39, 0.29) is 23.0 Å². The summed E-state index contributed by atoms with van der Waals surface area (Å²) < 4.78 is 10.1. The average molecular weight is 272 g/mol. The molecule has 4 nitrogen and oxygen atoms in total. The summed E-state index contributed by atoms with van der Waals surface area (Å²) >= 11 is 0. The molecule has 2 rings (SSSR count). The van der Waals surface area contributed by atoms with Crippen LogP contribution in [0.1, 0.15) is 11.1 Å². The molecule has 0 saturated heterocycles. The van der Waals surface area contributed by atoms with Gasteiger partial charge in [0.2, 0.25) is 11.5 Å². The van der Waals surface area contributed by atoms with Gasteiger partial charge in [0.25, 0.3) is 0 Å². The topological polar surface area (TPSA) is 58.9 Å². The Hall–Kier alpha value is -2.62. The Kier molecular flexibility index (Phi) is 4.15. The van der Waals surface area contributed by atoms with Crippen LogP contribution in [-0.2, 0) is 0 Å². The van der Waals surface area contributed by atoms with E-state index in [2.05, 4.69) is 0 Å². The molecule has 0 fully saturated rings. The van der Waals surface area contributed by atoms with E-state index >= 15 is 0 Å². The fraction of sp³-hybridized carbons (Fsp3) is 0.125. The SMILES string of the molecule is COc1cc(C=Cc2ccccc2)c(O)c(OC)c1O. The van der Waals surface area contributed by atoms with E-state index in [1.54, 1.807) is 12.1 Å². The molecule has 0 saturated carbocycles. The van der Waals surface area contributed by atoms with Crippen molar-refractivity contribution in [3.8, 4) is 23.0 Å². The van der Waals surface area contributed by atoms with Crippen LogP contribution in [0.3, 0.4) is 0 Å². The number of aromatic hydroxyl groups is 2. The van der Waals surface area contributed by atoms with Crippen LogP contribution in [0, 0.1) is 0 Å². The minimum Gasteiger partial charge on any atom is -0.504 e. The Morgan fingerprint density at radius 2 is 1.60 bits per heavy atom. The van der Waals surface area contributed by atoms with Crippen LogP contribution in [0.4, 0.5) is 0 Å². The predicted molar refractivity (Wildman–Crippen MR) is 78.2 cm³/mol. The monoisotopic (exact) mass is 272 g/mol. The van der Waals surface area contributed by atoms with Crippen LogP contribution in [0.25, 0.3) is 12.2 Å². The first-order valence-electron chi connectivity index (χ1n) is 6.07. The van der Waals surface area contributed by atoms with Crippen molar-refractivity contribution in [1.29, 1.82) is 0 Å². The largest absolute Gasteiger partial charge is 0.504 e. The molecule has 0 heterocycles. The number of benzene rings is 2. The third-order valence-electron chi connectivity index (χ3n) is 2.90. The lowest BCUT2D eigenvalue weighted by Gasteiger charge is -2.12. The van der Waals surface area contributed by atoms with Gasteiger partial charge in [-0.2, -0.15) is 0 Å². The van der Waals surface area contributed by atoms with Crippen LogP contribution in [0.15, 0.2) is 36.4 Å². The Morgan fingerprint density at radius 1 is 0.900 bits per heavy atom. The number of methoxy groups -OCH3 is 2. The summed E-state index contributed by atoms with van der Waals surface area (Å²) in [5.41, 5.74) is 1.50. The first kappa shape index (κ1) is 13.8. The number of hydrogen-bond acceptors (Lipinski definition) is 4. The van der Waals surface area contributed by atoms with Crippen molar-refractivity contribution in [2.75, 3.05) is 14.2 Å². The van der Waals surface area contributed by atoms with Crippen molar-refractivity contribution in [3.63, 3.8) is 0 Å². The second kappa shape index (κ2) is 6.02. The highest BCUT2D eigenvalue weighted by atomic mass is 16.5. The van der Waals surface area contributed by atoms with E-state index in [1.807, 2.05) is 36.4 Å². The zero-order valence-corrected chi connectivity index (χ0v) is 11.3. The molecule has 0 aliphatic carbocycles. The Balaban J connectivity index is 2.44. The summed E-state index contributed by atoms with van der Waals surface area (Å²) in [4.78, 5) is 0. The maximum atomic E-state index is 10.1. The van der Waals surface area contributed by atoms with Gasteiger partial charge < -0.3 is 19.7 Å². The van der Waals surface area contributed by atoms with Crippen LogP contribution in [0.2, 0.25) is 0 Å². The Labute approximate surface area is 117 Å². The molecule has 0 aliphatic heterocycles. The maximum Gasteiger partial charge on any atom is 0.207 e. The summed E-state index contributed by atoms with van der Waals surface area (Å²) in [5.74, 6) is -0.105. The summed E-state index contributed by atoms with van der Waals surface area (Å²) in [5, 5.41) is 19.9. The van der Waals surface area contributed by atoms with Gasteiger partial charge in [0.1, 0.15) is 0 Å². The smallest absolute Gasteiger partial charge is 0.207 e. The van der Waals surface area contributed by atoms with E-state index in [0.717, 1.165) is 5.56 Å². The van der Waals surface area contributed by atoms with Gasteiger partial charge in [0, 0.05) is 5.56 Å². The molecule has 2 aromatic carbocycles. The van der Waals surface area contributed by atoms with E-state index in [4.69, 9.17) is 9.47 Å². The van der Waals surface area contributed by atoms with E-state index < -0.39 is 0 Å². The molecule has 0 aromatic heterocycles.